The second kappa shape index (κ2) is 8.26. The van der Waals surface area contributed by atoms with E-state index in [0.29, 0.717) is 5.69 Å². The van der Waals surface area contributed by atoms with Gasteiger partial charge in [-0.15, -0.1) is 0 Å². The van der Waals surface area contributed by atoms with E-state index >= 15 is 0 Å². The summed E-state index contributed by atoms with van der Waals surface area (Å²) < 4.78 is 5.39. The van der Waals surface area contributed by atoms with E-state index in [9.17, 15) is 9.59 Å². The molecule has 1 atom stereocenters. The molecule has 0 aliphatic rings. The highest BCUT2D eigenvalue weighted by Gasteiger charge is 2.21. The van der Waals surface area contributed by atoms with E-state index in [1.54, 1.807) is 14.2 Å². The molecule has 0 heterocycles. The first kappa shape index (κ1) is 17.7. The van der Waals surface area contributed by atoms with Gasteiger partial charge in [0.15, 0.2) is 0 Å². The number of amides is 2. The van der Waals surface area contributed by atoms with Gasteiger partial charge in [0, 0.05) is 26.4 Å². The molecular formula is C19H22N2O3. The van der Waals surface area contributed by atoms with Gasteiger partial charge in [-0.2, -0.15) is 0 Å². The molecule has 2 rings (SSSR count). The molecule has 0 saturated heterocycles. The Balaban J connectivity index is 1.96. The van der Waals surface area contributed by atoms with Crippen LogP contribution in [-0.2, 0) is 14.3 Å². The van der Waals surface area contributed by atoms with Crippen LogP contribution in [0.1, 0.15) is 17.2 Å². The molecule has 126 valence electrons. The molecule has 0 aromatic heterocycles. The smallest absolute Gasteiger partial charge is 0.316 e. The lowest BCUT2D eigenvalue weighted by molar-refractivity contribution is -0.137. The summed E-state index contributed by atoms with van der Waals surface area (Å²) in [5.41, 5.74) is 2.71. The molecule has 1 N–H and O–H groups in total. The van der Waals surface area contributed by atoms with E-state index in [1.807, 2.05) is 61.5 Å². The third-order valence-electron chi connectivity index (χ3n) is 3.82. The fraction of sp³-hybridized carbons (Fsp3) is 0.263. The van der Waals surface area contributed by atoms with Crippen molar-refractivity contribution in [3.05, 3.63) is 65.7 Å². The standard InChI is InChI=1S/C19H22N2O3/c1-14-9-11-16(12-10-14)21(2)19(23)18(22)20-13-17(24-3)15-7-5-4-6-8-15/h4-12,17H,13H2,1-3H3,(H,20,22)/t17-/m1/s1. The summed E-state index contributed by atoms with van der Waals surface area (Å²) in [7, 11) is 3.15. The highest BCUT2D eigenvalue weighted by Crippen LogP contribution is 2.16. The number of nitrogens with zero attached hydrogens (tertiary/aromatic N) is 1. The van der Waals surface area contributed by atoms with Crippen molar-refractivity contribution in [3.63, 3.8) is 0 Å². The zero-order valence-electron chi connectivity index (χ0n) is 14.2. The number of carbonyl (C=O) groups excluding carboxylic acids is 2. The highest BCUT2D eigenvalue weighted by molar-refractivity contribution is 6.40. The van der Waals surface area contributed by atoms with E-state index in [0.717, 1.165) is 11.1 Å². The van der Waals surface area contributed by atoms with Crippen molar-refractivity contribution in [3.8, 4) is 0 Å². The van der Waals surface area contributed by atoms with Crippen molar-refractivity contribution in [2.75, 3.05) is 25.6 Å². The number of benzene rings is 2. The first-order chi connectivity index (χ1) is 11.5. The predicted octanol–water partition coefficient (Wildman–Crippen LogP) is 2.46. The van der Waals surface area contributed by atoms with E-state index in [4.69, 9.17) is 4.74 Å². The Kier molecular flexibility index (Phi) is 6.09. The maximum atomic E-state index is 12.2. The largest absolute Gasteiger partial charge is 0.375 e. The lowest BCUT2D eigenvalue weighted by Gasteiger charge is -2.19. The van der Waals surface area contributed by atoms with Crippen molar-refractivity contribution in [1.29, 1.82) is 0 Å². The summed E-state index contributed by atoms with van der Waals surface area (Å²) in [6, 6.07) is 17.0. The Bertz CT molecular complexity index is 684. The van der Waals surface area contributed by atoms with Crippen LogP contribution in [0.2, 0.25) is 0 Å². The number of rotatable bonds is 5. The van der Waals surface area contributed by atoms with Gasteiger partial charge in [0.25, 0.3) is 0 Å². The Morgan fingerprint density at radius 1 is 1.08 bits per heavy atom. The second-order valence-corrected chi connectivity index (χ2v) is 5.54. The summed E-state index contributed by atoms with van der Waals surface area (Å²) in [5, 5.41) is 2.64. The van der Waals surface area contributed by atoms with Gasteiger partial charge in [0.1, 0.15) is 0 Å². The van der Waals surface area contributed by atoms with Crippen molar-refractivity contribution < 1.29 is 14.3 Å². The van der Waals surface area contributed by atoms with Crippen molar-refractivity contribution in [1.82, 2.24) is 5.32 Å². The molecule has 0 aliphatic heterocycles. The average molecular weight is 326 g/mol. The minimum atomic E-state index is -0.656. The van der Waals surface area contributed by atoms with E-state index in [-0.39, 0.29) is 12.6 Å². The Labute approximate surface area is 142 Å². The summed E-state index contributed by atoms with van der Waals surface area (Å²) in [5.74, 6) is -1.27. The lowest BCUT2D eigenvalue weighted by atomic mass is 10.1. The molecule has 5 nitrogen and oxygen atoms in total. The van der Waals surface area contributed by atoms with Gasteiger partial charge >= 0.3 is 11.8 Å². The zero-order chi connectivity index (χ0) is 17.5. The fourth-order valence-electron chi connectivity index (χ4n) is 2.30. The first-order valence-corrected chi connectivity index (χ1v) is 7.73. The van der Waals surface area contributed by atoms with E-state index < -0.39 is 11.8 Å². The van der Waals surface area contributed by atoms with Crippen molar-refractivity contribution in [2.24, 2.45) is 0 Å². The van der Waals surface area contributed by atoms with E-state index in [1.165, 1.54) is 4.90 Å². The molecule has 0 spiro atoms. The molecule has 0 fully saturated rings. The zero-order valence-corrected chi connectivity index (χ0v) is 14.2. The summed E-state index contributed by atoms with van der Waals surface area (Å²) in [6.07, 6.45) is -0.298. The summed E-state index contributed by atoms with van der Waals surface area (Å²) in [4.78, 5) is 25.7. The Morgan fingerprint density at radius 2 is 1.71 bits per heavy atom. The highest BCUT2D eigenvalue weighted by atomic mass is 16.5. The van der Waals surface area contributed by atoms with Crippen LogP contribution in [0.15, 0.2) is 54.6 Å². The number of methoxy groups -OCH3 is 1. The minimum absolute atomic E-state index is 0.229. The van der Waals surface area contributed by atoms with Gasteiger partial charge in [-0.05, 0) is 24.6 Å². The number of ether oxygens (including phenoxy) is 1. The number of anilines is 1. The molecule has 0 saturated carbocycles. The first-order valence-electron chi connectivity index (χ1n) is 7.73. The number of carbonyl (C=O) groups is 2. The van der Waals surface area contributed by atoms with Crippen LogP contribution in [0.4, 0.5) is 5.69 Å². The average Bonchev–Trinajstić information content (AvgIpc) is 2.62. The van der Waals surface area contributed by atoms with Crippen LogP contribution in [0, 0.1) is 6.92 Å². The molecule has 2 aromatic rings. The third kappa shape index (κ3) is 4.43. The second-order valence-electron chi connectivity index (χ2n) is 5.54. The number of hydrogen-bond acceptors (Lipinski definition) is 3. The quantitative estimate of drug-likeness (QED) is 0.859. The van der Waals surface area contributed by atoms with Gasteiger partial charge in [-0.25, -0.2) is 0 Å². The molecule has 2 amide bonds. The number of nitrogens with one attached hydrogen (secondary N) is 1. The third-order valence-corrected chi connectivity index (χ3v) is 3.82. The maximum absolute atomic E-state index is 12.2. The number of aryl methyl sites for hydroxylation is 1. The molecular weight excluding hydrogens is 304 g/mol. The Morgan fingerprint density at radius 3 is 2.29 bits per heavy atom. The number of likely N-dealkylation sites (N-methyl/N-ethyl adjacent to an activating group) is 1. The minimum Gasteiger partial charge on any atom is -0.375 e. The van der Waals surface area contributed by atoms with Gasteiger partial charge in [-0.3, -0.25) is 9.59 Å². The SMILES string of the molecule is CO[C@H](CNC(=O)C(=O)N(C)c1ccc(C)cc1)c1ccccc1. The fourth-order valence-corrected chi connectivity index (χ4v) is 2.30. The van der Waals surface area contributed by atoms with Gasteiger partial charge in [0.05, 0.1) is 6.10 Å². The summed E-state index contributed by atoms with van der Waals surface area (Å²) in [6.45, 7) is 2.19. The molecule has 2 aromatic carbocycles. The van der Waals surface area contributed by atoms with Crippen molar-refractivity contribution in [2.45, 2.75) is 13.0 Å². The van der Waals surface area contributed by atoms with Crippen LogP contribution < -0.4 is 10.2 Å². The maximum Gasteiger partial charge on any atom is 0.316 e. The molecule has 0 radical (unpaired) electrons. The lowest BCUT2D eigenvalue weighted by Crippen LogP contribution is -2.42. The van der Waals surface area contributed by atoms with Crippen molar-refractivity contribution >= 4 is 17.5 Å². The number of hydrogen-bond donors (Lipinski definition) is 1. The van der Waals surface area contributed by atoms with Crippen LogP contribution >= 0.6 is 0 Å². The monoisotopic (exact) mass is 326 g/mol. The molecule has 0 bridgehead atoms. The van der Waals surface area contributed by atoms with Gasteiger partial charge in [-0.1, -0.05) is 48.0 Å². The van der Waals surface area contributed by atoms with Crippen LogP contribution in [0.5, 0.6) is 0 Å². The van der Waals surface area contributed by atoms with Crippen LogP contribution in [0.25, 0.3) is 0 Å². The topological polar surface area (TPSA) is 58.6 Å². The Hall–Kier alpha value is -2.66. The summed E-state index contributed by atoms with van der Waals surface area (Å²) >= 11 is 0. The van der Waals surface area contributed by atoms with Gasteiger partial charge in [0.2, 0.25) is 0 Å². The van der Waals surface area contributed by atoms with E-state index in [2.05, 4.69) is 5.32 Å². The predicted molar refractivity (Wildman–Crippen MR) is 93.8 cm³/mol. The molecule has 0 unspecified atom stereocenters. The molecule has 24 heavy (non-hydrogen) atoms. The van der Waals surface area contributed by atoms with Crippen LogP contribution in [0.3, 0.4) is 0 Å². The normalized spacial score (nSPS) is 11.6. The molecule has 0 aliphatic carbocycles. The van der Waals surface area contributed by atoms with Gasteiger partial charge < -0.3 is 15.0 Å². The molecule has 5 heteroatoms. The van der Waals surface area contributed by atoms with Crippen LogP contribution in [-0.4, -0.2) is 32.5 Å².